The molecule has 0 bridgehead atoms. The van der Waals surface area contributed by atoms with Gasteiger partial charge in [0.25, 0.3) is 0 Å². The van der Waals surface area contributed by atoms with E-state index in [0.29, 0.717) is 6.42 Å². The highest BCUT2D eigenvalue weighted by atomic mass is 35.5. The number of ether oxygens (including phenoxy) is 2. The lowest BCUT2D eigenvalue weighted by Gasteiger charge is -2.07. The van der Waals surface area contributed by atoms with Gasteiger partial charge < -0.3 is 9.47 Å². The van der Waals surface area contributed by atoms with Crippen LogP contribution in [-0.4, -0.2) is 18.5 Å². The smallest absolute Gasteiger partial charge is 0.311 e. The molecule has 0 radical (unpaired) electrons. The van der Waals surface area contributed by atoms with Crippen LogP contribution in [0.3, 0.4) is 0 Å². The summed E-state index contributed by atoms with van der Waals surface area (Å²) < 4.78 is 23.4. The van der Waals surface area contributed by atoms with Crippen molar-refractivity contribution >= 4 is 23.5 Å². The summed E-state index contributed by atoms with van der Waals surface area (Å²) in [6.45, 7) is 2.43. The van der Waals surface area contributed by atoms with Crippen LogP contribution in [0.5, 0.6) is 5.75 Å². The minimum Gasteiger partial charge on any atom is -0.465 e. The normalized spacial score (nSPS) is 10.8. The Hall–Kier alpha value is -1.88. The monoisotopic (exact) mass is 370 g/mol. The van der Waals surface area contributed by atoms with Gasteiger partial charge in [0, 0.05) is 0 Å². The maximum atomic E-state index is 13.5. The molecular formula is C19H24ClFO4. The molecule has 0 aliphatic rings. The van der Waals surface area contributed by atoms with Crippen molar-refractivity contribution in [3.63, 3.8) is 0 Å². The molecule has 0 spiro atoms. The minimum absolute atomic E-state index is 0.00153. The third-order valence-electron chi connectivity index (χ3n) is 3.36. The van der Waals surface area contributed by atoms with Gasteiger partial charge in [0.2, 0.25) is 0 Å². The average Bonchev–Trinajstić information content (AvgIpc) is 2.59. The third-order valence-corrected chi connectivity index (χ3v) is 3.65. The lowest BCUT2D eigenvalue weighted by molar-refractivity contribution is -0.146. The fourth-order valence-electron chi connectivity index (χ4n) is 2.01. The molecule has 0 aromatic heterocycles. The maximum absolute atomic E-state index is 13.5. The summed E-state index contributed by atoms with van der Waals surface area (Å²) in [6, 6.07) is 3.96. The van der Waals surface area contributed by atoms with Crippen LogP contribution in [0.15, 0.2) is 30.4 Å². The molecular weight excluding hydrogens is 347 g/mol. The van der Waals surface area contributed by atoms with Crippen molar-refractivity contribution in [3.05, 3.63) is 41.2 Å². The molecule has 0 fully saturated rings. The summed E-state index contributed by atoms with van der Waals surface area (Å²) in [5.41, 5.74) is 0. The van der Waals surface area contributed by atoms with Gasteiger partial charge in [-0.2, -0.15) is 0 Å². The zero-order valence-corrected chi connectivity index (χ0v) is 15.2. The molecule has 1 aromatic rings. The molecule has 0 aliphatic carbocycles. The molecule has 1 aromatic carbocycles. The van der Waals surface area contributed by atoms with Crippen LogP contribution in [0.2, 0.25) is 5.02 Å². The van der Waals surface area contributed by atoms with Crippen LogP contribution in [0.4, 0.5) is 4.39 Å². The van der Waals surface area contributed by atoms with Crippen molar-refractivity contribution in [2.75, 3.05) is 6.61 Å². The van der Waals surface area contributed by atoms with E-state index < -0.39 is 17.8 Å². The first-order chi connectivity index (χ1) is 12.0. The fraction of sp³-hybridized carbons (Fsp3) is 0.474. The van der Waals surface area contributed by atoms with Crippen molar-refractivity contribution in [1.82, 2.24) is 0 Å². The Bertz CT molecular complexity index is 567. The highest BCUT2D eigenvalue weighted by molar-refractivity contribution is 6.32. The van der Waals surface area contributed by atoms with Crippen molar-refractivity contribution in [1.29, 1.82) is 0 Å². The van der Waals surface area contributed by atoms with E-state index in [1.165, 1.54) is 31.4 Å². The molecule has 0 heterocycles. The van der Waals surface area contributed by atoms with Gasteiger partial charge in [-0.05, 0) is 31.4 Å². The Morgan fingerprint density at radius 2 is 1.84 bits per heavy atom. The van der Waals surface area contributed by atoms with Crippen LogP contribution >= 0.6 is 11.6 Å². The second-order valence-corrected chi connectivity index (χ2v) is 5.91. The Balaban J connectivity index is 2.18. The zero-order valence-electron chi connectivity index (χ0n) is 14.4. The topological polar surface area (TPSA) is 52.6 Å². The van der Waals surface area contributed by atoms with E-state index in [4.69, 9.17) is 21.1 Å². The number of carbonyl (C=O) groups is 2. The van der Waals surface area contributed by atoms with Crippen LogP contribution in [-0.2, 0) is 14.3 Å². The van der Waals surface area contributed by atoms with E-state index in [0.717, 1.165) is 12.5 Å². The van der Waals surface area contributed by atoms with Crippen molar-refractivity contribution in [2.24, 2.45) is 0 Å². The summed E-state index contributed by atoms with van der Waals surface area (Å²) in [7, 11) is 0. The number of hydrogen-bond donors (Lipinski definition) is 0. The first kappa shape index (κ1) is 21.2. The molecule has 25 heavy (non-hydrogen) atoms. The lowest BCUT2D eigenvalue weighted by Crippen LogP contribution is -2.13. The standard InChI is InChI=1S/C19H24ClFO4/c1-2-3-4-5-6-7-8-14-24-17(22)12-13-18(23)25-19-15(20)10-9-11-16(19)21/h6-7,9-11H,2-5,8,12-14H2,1H3/b7-6+. The molecule has 0 aliphatic heterocycles. The number of rotatable bonds is 11. The number of unbranched alkanes of at least 4 members (excludes halogenated alkanes) is 3. The molecule has 0 atom stereocenters. The van der Waals surface area contributed by atoms with Gasteiger partial charge in [0.05, 0.1) is 24.5 Å². The summed E-state index contributed by atoms with van der Waals surface area (Å²) in [5, 5.41) is 0.00153. The van der Waals surface area contributed by atoms with E-state index in [9.17, 15) is 14.0 Å². The van der Waals surface area contributed by atoms with Gasteiger partial charge in [-0.3, -0.25) is 9.59 Å². The van der Waals surface area contributed by atoms with Gasteiger partial charge in [0.1, 0.15) is 0 Å². The molecule has 4 nitrogen and oxygen atoms in total. The summed E-state index contributed by atoms with van der Waals surface area (Å²) in [6.07, 6.45) is 9.00. The lowest BCUT2D eigenvalue weighted by atomic mass is 10.2. The molecule has 1 rings (SSSR count). The quantitative estimate of drug-likeness (QED) is 0.231. The van der Waals surface area contributed by atoms with Crippen LogP contribution in [0, 0.1) is 5.82 Å². The first-order valence-corrected chi connectivity index (χ1v) is 8.87. The fourth-order valence-corrected chi connectivity index (χ4v) is 2.21. The van der Waals surface area contributed by atoms with E-state index >= 15 is 0 Å². The SMILES string of the molecule is CCCCC/C=C/CCOC(=O)CCC(=O)Oc1c(F)cccc1Cl. The second-order valence-electron chi connectivity index (χ2n) is 5.50. The van der Waals surface area contributed by atoms with Crippen LogP contribution < -0.4 is 4.74 Å². The second kappa shape index (κ2) is 12.5. The number of esters is 2. The van der Waals surface area contributed by atoms with Crippen molar-refractivity contribution in [3.8, 4) is 5.75 Å². The molecule has 0 unspecified atom stereocenters. The Kier molecular flexibility index (Phi) is 10.6. The van der Waals surface area contributed by atoms with Crippen molar-refractivity contribution < 1.29 is 23.5 Å². The third kappa shape index (κ3) is 9.25. The summed E-state index contributed by atoms with van der Waals surface area (Å²) in [4.78, 5) is 23.2. The predicted octanol–water partition coefficient (Wildman–Crippen LogP) is 5.23. The number of allylic oxidation sites excluding steroid dienone is 1. The number of benzene rings is 1. The molecule has 0 amide bonds. The molecule has 6 heteroatoms. The molecule has 0 N–H and O–H groups in total. The van der Waals surface area contributed by atoms with E-state index in [1.54, 1.807) is 0 Å². The number of halogens is 2. The van der Waals surface area contributed by atoms with Gasteiger partial charge in [0.15, 0.2) is 11.6 Å². The maximum Gasteiger partial charge on any atom is 0.311 e. The first-order valence-electron chi connectivity index (χ1n) is 8.50. The van der Waals surface area contributed by atoms with E-state index in [2.05, 4.69) is 13.0 Å². The Labute approximate surface area is 153 Å². The average molecular weight is 371 g/mol. The number of carbonyl (C=O) groups excluding carboxylic acids is 2. The van der Waals surface area contributed by atoms with E-state index in [-0.39, 0.29) is 30.2 Å². The zero-order chi connectivity index (χ0) is 18.5. The molecule has 138 valence electrons. The van der Waals surface area contributed by atoms with Crippen LogP contribution in [0.25, 0.3) is 0 Å². The van der Waals surface area contributed by atoms with Crippen LogP contribution in [0.1, 0.15) is 51.9 Å². The van der Waals surface area contributed by atoms with Gasteiger partial charge in [-0.1, -0.05) is 49.6 Å². The Morgan fingerprint density at radius 1 is 1.12 bits per heavy atom. The van der Waals surface area contributed by atoms with Gasteiger partial charge in [-0.15, -0.1) is 0 Å². The minimum atomic E-state index is -0.736. The number of hydrogen-bond acceptors (Lipinski definition) is 4. The van der Waals surface area contributed by atoms with Gasteiger partial charge in [-0.25, -0.2) is 4.39 Å². The summed E-state index contributed by atoms with van der Waals surface area (Å²) in [5.74, 6) is -2.28. The summed E-state index contributed by atoms with van der Waals surface area (Å²) >= 11 is 5.76. The van der Waals surface area contributed by atoms with Gasteiger partial charge >= 0.3 is 11.9 Å². The highest BCUT2D eigenvalue weighted by Crippen LogP contribution is 2.27. The molecule has 0 saturated heterocycles. The predicted molar refractivity (Wildman–Crippen MR) is 95.1 cm³/mol. The van der Waals surface area contributed by atoms with Crippen molar-refractivity contribution in [2.45, 2.75) is 51.9 Å². The molecule has 0 saturated carbocycles. The largest absolute Gasteiger partial charge is 0.465 e. The highest BCUT2D eigenvalue weighted by Gasteiger charge is 2.15. The van der Waals surface area contributed by atoms with E-state index in [1.807, 2.05) is 6.08 Å². The Morgan fingerprint density at radius 3 is 2.56 bits per heavy atom. The number of para-hydroxylation sites is 1.